The van der Waals surface area contributed by atoms with Crippen LogP contribution in [0, 0.1) is 0 Å². The molecule has 2 bridgehead atoms. The zero-order valence-electron chi connectivity index (χ0n) is 10.1. The topological polar surface area (TPSA) is 128 Å². The zero-order valence-corrected chi connectivity index (χ0v) is 10.9. The molecule has 19 heavy (non-hydrogen) atoms. The van der Waals surface area contributed by atoms with Gasteiger partial charge in [-0.3, -0.25) is 14.8 Å². The van der Waals surface area contributed by atoms with Gasteiger partial charge in [0.25, 0.3) is 5.91 Å². The normalized spacial score (nSPS) is 26.7. The number of amides is 3. The van der Waals surface area contributed by atoms with Gasteiger partial charge in [-0.25, -0.2) is 10.2 Å². The molecule has 2 aliphatic heterocycles. The van der Waals surface area contributed by atoms with Gasteiger partial charge in [-0.1, -0.05) is 0 Å². The van der Waals surface area contributed by atoms with Gasteiger partial charge >= 0.3 is 16.4 Å². The minimum Gasteiger partial charge on any atom is -0.309 e. The number of hydrogen-bond donors (Lipinski definition) is 3. The Morgan fingerprint density at radius 1 is 1.47 bits per heavy atom. The van der Waals surface area contributed by atoms with Crippen LogP contribution in [-0.4, -0.2) is 60.5 Å². The lowest BCUT2D eigenvalue weighted by Crippen LogP contribution is -2.52. The van der Waals surface area contributed by atoms with Gasteiger partial charge in [-0.15, -0.1) is 4.28 Å². The number of carbonyl (C=O) groups excluding carboxylic acids is 2. The lowest BCUT2D eigenvalue weighted by molar-refractivity contribution is -0.126. The lowest BCUT2D eigenvalue weighted by Gasteiger charge is -2.28. The Labute approximate surface area is 109 Å². The lowest BCUT2D eigenvalue weighted by atomic mass is 10.0. The average Bonchev–Trinajstić information content (AvgIpc) is 2.53. The number of piperidine rings is 1. The van der Waals surface area contributed by atoms with Crippen LogP contribution >= 0.6 is 0 Å². The van der Waals surface area contributed by atoms with E-state index in [1.54, 1.807) is 0 Å². The number of nitrogens with one attached hydrogen (secondary N) is 2. The smallest absolute Gasteiger partial charge is 0.309 e. The Bertz CT molecular complexity index is 493. The van der Waals surface area contributed by atoms with E-state index < -0.39 is 28.5 Å². The maximum Gasteiger partial charge on any atom is 0.418 e. The number of hydrazine groups is 1. The molecule has 2 atom stereocenters. The number of hydroxylamine groups is 2. The largest absolute Gasteiger partial charge is 0.418 e. The summed E-state index contributed by atoms with van der Waals surface area (Å²) in [5, 5.41) is 0.599. The maximum atomic E-state index is 11.9. The average molecular weight is 294 g/mol. The first-order valence-corrected chi connectivity index (χ1v) is 6.93. The summed E-state index contributed by atoms with van der Waals surface area (Å²) in [6.45, 7) is 0.177. The van der Waals surface area contributed by atoms with E-state index >= 15 is 0 Å². The van der Waals surface area contributed by atoms with Crippen LogP contribution in [-0.2, 0) is 19.5 Å². The first kappa shape index (κ1) is 14.0. The fraction of sp³-hybridized carbons (Fsp3) is 0.750. The van der Waals surface area contributed by atoms with Crippen molar-refractivity contribution in [1.82, 2.24) is 20.8 Å². The summed E-state index contributed by atoms with van der Waals surface area (Å²) in [5.41, 5.74) is 4.84. The second-order valence-corrected chi connectivity index (χ2v) is 5.25. The van der Waals surface area contributed by atoms with E-state index in [9.17, 15) is 18.0 Å². The predicted molar refractivity (Wildman–Crippen MR) is 60.6 cm³/mol. The summed E-state index contributed by atoms with van der Waals surface area (Å²) < 4.78 is 34.2. The first-order valence-electron chi connectivity index (χ1n) is 5.57. The molecule has 0 aromatic rings. The van der Waals surface area contributed by atoms with Gasteiger partial charge in [0.15, 0.2) is 0 Å². The van der Waals surface area contributed by atoms with Crippen molar-refractivity contribution >= 4 is 22.3 Å². The standard InChI is InChI=1S/C8H14N4O6S/c1-9-10-7(13)6-3-2-5-4-11(6)8(14)12(5)18-19(15,16)17/h5-6,9H,2-4H2,1H3,(H,10,13)(H,15,16,17)/t5?,6-/m0/s1. The second-order valence-electron chi connectivity index (χ2n) is 4.25. The van der Waals surface area contributed by atoms with E-state index in [0.717, 1.165) is 0 Å². The highest BCUT2D eigenvalue weighted by Crippen LogP contribution is 2.30. The van der Waals surface area contributed by atoms with Gasteiger partial charge < -0.3 is 4.90 Å². The maximum absolute atomic E-state index is 11.9. The number of urea groups is 1. The van der Waals surface area contributed by atoms with Crippen LogP contribution in [0.5, 0.6) is 0 Å². The third-order valence-corrected chi connectivity index (χ3v) is 3.40. The molecular formula is C8H14N4O6S. The van der Waals surface area contributed by atoms with E-state index in [0.29, 0.717) is 17.9 Å². The van der Waals surface area contributed by atoms with Crippen molar-refractivity contribution in [2.75, 3.05) is 13.6 Å². The van der Waals surface area contributed by atoms with E-state index in [1.165, 1.54) is 11.9 Å². The molecule has 11 heteroatoms. The zero-order chi connectivity index (χ0) is 14.2. The van der Waals surface area contributed by atoms with Crippen molar-refractivity contribution in [1.29, 1.82) is 0 Å². The third-order valence-electron chi connectivity index (χ3n) is 3.05. The van der Waals surface area contributed by atoms with Crippen LogP contribution in [0.25, 0.3) is 0 Å². The van der Waals surface area contributed by atoms with Gasteiger partial charge in [0.05, 0.1) is 6.04 Å². The molecule has 2 rings (SSSR count). The third kappa shape index (κ3) is 2.78. The summed E-state index contributed by atoms with van der Waals surface area (Å²) >= 11 is 0. The van der Waals surface area contributed by atoms with Crippen molar-refractivity contribution < 1.29 is 26.8 Å². The molecule has 2 fully saturated rings. The minimum atomic E-state index is -4.76. The molecule has 108 valence electrons. The van der Waals surface area contributed by atoms with Gasteiger partial charge in [-0.05, 0) is 12.8 Å². The highest BCUT2D eigenvalue weighted by atomic mass is 32.3. The molecule has 3 amide bonds. The minimum absolute atomic E-state index is 0.177. The summed E-state index contributed by atoms with van der Waals surface area (Å²) in [6, 6.07) is -1.93. The molecule has 0 aliphatic carbocycles. The second kappa shape index (κ2) is 4.92. The van der Waals surface area contributed by atoms with E-state index in [1.807, 2.05) is 0 Å². The molecule has 2 saturated heterocycles. The fourth-order valence-electron chi connectivity index (χ4n) is 2.31. The van der Waals surface area contributed by atoms with Crippen LogP contribution in [0.3, 0.4) is 0 Å². The Kier molecular flexibility index (Phi) is 3.62. The fourth-order valence-corrected chi connectivity index (χ4v) is 2.70. The molecule has 0 spiro atoms. The first-order chi connectivity index (χ1) is 8.83. The van der Waals surface area contributed by atoms with Gasteiger partial charge in [0, 0.05) is 13.6 Å². The SMILES string of the molecule is CNNC(=O)[C@@H]1CCC2CN1C(=O)N2OS(=O)(=O)O. The van der Waals surface area contributed by atoms with Crippen LogP contribution < -0.4 is 10.9 Å². The number of nitrogens with zero attached hydrogens (tertiary/aromatic N) is 2. The molecule has 0 aromatic heterocycles. The molecule has 0 aromatic carbocycles. The molecule has 3 N–H and O–H groups in total. The summed E-state index contributed by atoms with van der Waals surface area (Å²) in [5.74, 6) is -0.386. The molecule has 1 unspecified atom stereocenters. The van der Waals surface area contributed by atoms with Crippen LogP contribution in [0.4, 0.5) is 4.79 Å². The van der Waals surface area contributed by atoms with Crippen molar-refractivity contribution in [2.24, 2.45) is 0 Å². The summed E-state index contributed by atoms with van der Waals surface area (Å²) in [7, 11) is -3.24. The van der Waals surface area contributed by atoms with E-state index in [4.69, 9.17) is 4.55 Å². The highest BCUT2D eigenvalue weighted by molar-refractivity contribution is 7.80. The summed E-state index contributed by atoms with van der Waals surface area (Å²) in [4.78, 5) is 24.9. The van der Waals surface area contributed by atoms with Crippen LogP contribution in [0.15, 0.2) is 0 Å². The van der Waals surface area contributed by atoms with Crippen LogP contribution in [0.2, 0.25) is 0 Å². The molecule has 2 heterocycles. The number of hydrogen-bond acceptors (Lipinski definition) is 6. The van der Waals surface area contributed by atoms with Gasteiger partial charge in [-0.2, -0.15) is 13.5 Å². The Hall–Kier alpha value is -1.43. The van der Waals surface area contributed by atoms with Crippen molar-refractivity contribution in [3.63, 3.8) is 0 Å². The molecule has 2 aliphatic rings. The monoisotopic (exact) mass is 294 g/mol. The molecule has 0 saturated carbocycles. The highest BCUT2D eigenvalue weighted by Gasteiger charge is 2.49. The molecule has 0 radical (unpaired) electrons. The number of fused-ring (bicyclic) bond motifs is 2. The Morgan fingerprint density at radius 3 is 2.74 bits per heavy atom. The molecule has 10 nitrogen and oxygen atoms in total. The predicted octanol–water partition coefficient (Wildman–Crippen LogP) is -1.76. The quantitative estimate of drug-likeness (QED) is 0.414. The summed E-state index contributed by atoms with van der Waals surface area (Å²) in [6.07, 6.45) is 0.787. The van der Waals surface area contributed by atoms with E-state index in [-0.39, 0.29) is 12.5 Å². The number of carbonyl (C=O) groups is 2. The van der Waals surface area contributed by atoms with E-state index in [2.05, 4.69) is 15.1 Å². The van der Waals surface area contributed by atoms with Crippen molar-refractivity contribution in [2.45, 2.75) is 24.9 Å². The van der Waals surface area contributed by atoms with Gasteiger partial charge in [0.1, 0.15) is 6.04 Å². The Balaban J connectivity index is 2.13. The number of rotatable bonds is 4. The van der Waals surface area contributed by atoms with Gasteiger partial charge in [0.2, 0.25) is 0 Å². The Morgan fingerprint density at radius 2 is 2.16 bits per heavy atom. The van der Waals surface area contributed by atoms with Crippen LogP contribution in [0.1, 0.15) is 12.8 Å². The van der Waals surface area contributed by atoms with Crippen molar-refractivity contribution in [3.8, 4) is 0 Å². The van der Waals surface area contributed by atoms with Crippen molar-refractivity contribution in [3.05, 3.63) is 0 Å². The molecular weight excluding hydrogens is 280 g/mol.